The molecule has 3 rings (SSSR count). The fraction of sp³-hybridized carbons (Fsp3) is 0.0667. The largest absolute Gasteiger partial charge is 0.457 e. The number of hydrogen-bond acceptors (Lipinski definition) is 3. The average molecular weight is 268 g/mol. The number of carbonyl (C=O) groups excluding carboxylic acids is 2. The molecule has 5 heteroatoms. The molecular weight excluding hydrogens is 256 g/mol. The molecule has 4 N–H and O–H groups in total. The maximum atomic E-state index is 11.7. The standard InChI is InChI=1S/C15H12N2O3/c16-14(18)9-5-6-12-10(13(9)15(17)19)7-8-3-1-2-4-11(8)20-12/h1-6H,7H2,(H2,16,18)(H2,17,19). The molecule has 20 heavy (non-hydrogen) atoms. The number of benzene rings is 2. The predicted molar refractivity (Wildman–Crippen MR) is 72.8 cm³/mol. The summed E-state index contributed by atoms with van der Waals surface area (Å²) in [5.74, 6) is -0.0937. The first kappa shape index (κ1) is 12.2. The fourth-order valence-corrected chi connectivity index (χ4v) is 2.44. The molecule has 2 amide bonds. The highest BCUT2D eigenvalue weighted by Crippen LogP contribution is 2.38. The van der Waals surface area contributed by atoms with Gasteiger partial charge in [0.15, 0.2) is 0 Å². The lowest BCUT2D eigenvalue weighted by atomic mass is 9.92. The van der Waals surface area contributed by atoms with Crippen LogP contribution in [-0.2, 0) is 6.42 Å². The van der Waals surface area contributed by atoms with Crippen molar-refractivity contribution in [3.8, 4) is 11.5 Å². The van der Waals surface area contributed by atoms with Gasteiger partial charge >= 0.3 is 0 Å². The Bertz CT molecular complexity index is 738. The highest BCUT2D eigenvalue weighted by Gasteiger charge is 2.25. The number of nitrogens with two attached hydrogens (primary N) is 2. The van der Waals surface area contributed by atoms with Crippen molar-refractivity contribution in [2.75, 3.05) is 0 Å². The highest BCUT2D eigenvalue weighted by atomic mass is 16.5. The van der Waals surface area contributed by atoms with Crippen LogP contribution in [0.4, 0.5) is 0 Å². The van der Waals surface area contributed by atoms with Gasteiger partial charge in [0.25, 0.3) is 0 Å². The van der Waals surface area contributed by atoms with Gasteiger partial charge in [-0.25, -0.2) is 0 Å². The van der Waals surface area contributed by atoms with Gasteiger partial charge in [-0.05, 0) is 23.8 Å². The normalized spacial score (nSPS) is 12.0. The van der Waals surface area contributed by atoms with Crippen LogP contribution in [0.25, 0.3) is 0 Å². The minimum absolute atomic E-state index is 0.124. The number of rotatable bonds is 2. The van der Waals surface area contributed by atoms with Crippen molar-refractivity contribution in [3.05, 3.63) is 58.7 Å². The molecule has 5 nitrogen and oxygen atoms in total. The fourth-order valence-electron chi connectivity index (χ4n) is 2.44. The Kier molecular flexibility index (Phi) is 2.68. The van der Waals surface area contributed by atoms with Crippen LogP contribution in [0, 0.1) is 0 Å². The molecule has 0 atom stereocenters. The van der Waals surface area contributed by atoms with E-state index in [0.717, 1.165) is 11.3 Å². The number of carbonyl (C=O) groups is 2. The number of amides is 2. The lowest BCUT2D eigenvalue weighted by Crippen LogP contribution is -2.23. The number of hydrogen-bond donors (Lipinski definition) is 2. The molecule has 0 radical (unpaired) electrons. The van der Waals surface area contributed by atoms with Gasteiger partial charge in [0.05, 0.1) is 11.1 Å². The third-order valence-electron chi connectivity index (χ3n) is 3.34. The average Bonchev–Trinajstić information content (AvgIpc) is 2.43. The predicted octanol–water partition coefficient (Wildman–Crippen LogP) is 1.58. The zero-order chi connectivity index (χ0) is 14.3. The zero-order valence-corrected chi connectivity index (χ0v) is 10.6. The molecule has 0 aliphatic carbocycles. The molecule has 0 aromatic heterocycles. The minimum Gasteiger partial charge on any atom is -0.457 e. The zero-order valence-electron chi connectivity index (χ0n) is 10.6. The van der Waals surface area contributed by atoms with Gasteiger partial charge in [0, 0.05) is 12.0 Å². The highest BCUT2D eigenvalue weighted by molar-refractivity contribution is 6.07. The van der Waals surface area contributed by atoms with E-state index in [9.17, 15) is 9.59 Å². The van der Waals surface area contributed by atoms with Crippen molar-refractivity contribution in [2.24, 2.45) is 11.5 Å². The van der Waals surface area contributed by atoms with Crippen molar-refractivity contribution in [1.29, 1.82) is 0 Å². The van der Waals surface area contributed by atoms with Gasteiger partial charge in [-0.1, -0.05) is 18.2 Å². The van der Waals surface area contributed by atoms with Gasteiger partial charge < -0.3 is 16.2 Å². The van der Waals surface area contributed by atoms with Crippen molar-refractivity contribution in [1.82, 2.24) is 0 Å². The SMILES string of the molecule is NC(=O)c1ccc2c(c1C(N)=O)Cc1ccccc1O2. The Labute approximate surface area is 115 Å². The van der Waals surface area contributed by atoms with E-state index < -0.39 is 11.8 Å². The van der Waals surface area contributed by atoms with E-state index in [-0.39, 0.29) is 11.1 Å². The Morgan fingerprint density at radius 3 is 2.40 bits per heavy atom. The molecule has 0 unspecified atom stereocenters. The van der Waals surface area contributed by atoms with Crippen LogP contribution in [0.3, 0.4) is 0 Å². The van der Waals surface area contributed by atoms with Crippen LogP contribution < -0.4 is 16.2 Å². The van der Waals surface area contributed by atoms with E-state index >= 15 is 0 Å². The van der Waals surface area contributed by atoms with Crippen molar-refractivity contribution in [2.45, 2.75) is 6.42 Å². The third kappa shape index (κ3) is 1.80. The second-order valence-electron chi connectivity index (χ2n) is 4.58. The van der Waals surface area contributed by atoms with Gasteiger partial charge in [-0.3, -0.25) is 9.59 Å². The van der Waals surface area contributed by atoms with Crippen molar-refractivity contribution >= 4 is 11.8 Å². The number of fused-ring (bicyclic) bond motifs is 2. The molecule has 0 saturated carbocycles. The number of para-hydroxylation sites is 1. The first-order valence-electron chi connectivity index (χ1n) is 6.09. The van der Waals surface area contributed by atoms with Gasteiger partial charge in [-0.2, -0.15) is 0 Å². The van der Waals surface area contributed by atoms with Crippen LogP contribution in [0.15, 0.2) is 36.4 Å². The van der Waals surface area contributed by atoms with Crippen LogP contribution in [0.5, 0.6) is 11.5 Å². The molecule has 0 saturated heterocycles. The first-order valence-corrected chi connectivity index (χ1v) is 6.09. The minimum atomic E-state index is -0.682. The molecule has 0 spiro atoms. The Morgan fingerprint density at radius 1 is 0.950 bits per heavy atom. The van der Waals surface area contributed by atoms with Crippen LogP contribution in [0.1, 0.15) is 31.8 Å². The molecule has 1 aliphatic rings. The van der Waals surface area contributed by atoms with E-state index in [1.807, 2.05) is 24.3 Å². The van der Waals surface area contributed by atoms with Crippen molar-refractivity contribution < 1.29 is 14.3 Å². The summed E-state index contributed by atoms with van der Waals surface area (Å²) in [6.07, 6.45) is 0.477. The quantitative estimate of drug-likeness (QED) is 0.738. The Hall–Kier alpha value is -2.82. The van der Waals surface area contributed by atoms with Gasteiger partial charge in [0.2, 0.25) is 11.8 Å². The van der Waals surface area contributed by atoms with Gasteiger partial charge in [-0.15, -0.1) is 0 Å². The molecular formula is C15H12N2O3. The second kappa shape index (κ2) is 4.38. The molecule has 0 bridgehead atoms. The lowest BCUT2D eigenvalue weighted by molar-refractivity contribution is 0.0966. The molecule has 0 fully saturated rings. The monoisotopic (exact) mass is 268 g/mol. The van der Waals surface area contributed by atoms with Crippen molar-refractivity contribution in [3.63, 3.8) is 0 Å². The summed E-state index contributed by atoms with van der Waals surface area (Å²) in [6, 6.07) is 10.6. The third-order valence-corrected chi connectivity index (χ3v) is 3.34. The first-order chi connectivity index (χ1) is 9.58. The number of ether oxygens (including phenoxy) is 1. The maximum Gasteiger partial charge on any atom is 0.249 e. The molecule has 2 aromatic carbocycles. The van der Waals surface area contributed by atoms with E-state index in [2.05, 4.69) is 0 Å². The topological polar surface area (TPSA) is 95.4 Å². The van der Waals surface area contributed by atoms with Gasteiger partial charge in [0.1, 0.15) is 11.5 Å². The maximum absolute atomic E-state index is 11.7. The van der Waals surface area contributed by atoms with Crippen LogP contribution >= 0.6 is 0 Å². The van der Waals surface area contributed by atoms with E-state index in [0.29, 0.717) is 17.7 Å². The smallest absolute Gasteiger partial charge is 0.249 e. The summed E-state index contributed by atoms with van der Waals surface area (Å²) >= 11 is 0. The molecule has 100 valence electrons. The summed E-state index contributed by atoms with van der Waals surface area (Å²) in [6.45, 7) is 0. The molecule has 2 aromatic rings. The summed E-state index contributed by atoms with van der Waals surface area (Å²) in [7, 11) is 0. The summed E-state index contributed by atoms with van der Waals surface area (Å²) < 4.78 is 5.74. The molecule has 1 aliphatic heterocycles. The lowest BCUT2D eigenvalue weighted by Gasteiger charge is -2.22. The summed E-state index contributed by atoms with van der Waals surface area (Å²) in [4.78, 5) is 23.1. The summed E-state index contributed by atoms with van der Waals surface area (Å²) in [5.41, 5.74) is 12.5. The summed E-state index contributed by atoms with van der Waals surface area (Å²) in [5, 5.41) is 0. The van der Waals surface area contributed by atoms with E-state index in [1.165, 1.54) is 6.07 Å². The van der Waals surface area contributed by atoms with E-state index in [4.69, 9.17) is 16.2 Å². The van der Waals surface area contributed by atoms with Crippen LogP contribution in [0.2, 0.25) is 0 Å². The second-order valence-corrected chi connectivity index (χ2v) is 4.58. The number of primary amides is 2. The van der Waals surface area contributed by atoms with E-state index in [1.54, 1.807) is 6.07 Å². The Morgan fingerprint density at radius 2 is 1.70 bits per heavy atom. The molecule has 1 heterocycles. The Balaban J connectivity index is 2.21. The van der Waals surface area contributed by atoms with Crippen LogP contribution in [-0.4, -0.2) is 11.8 Å².